The van der Waals surface area contributed by atoms with Gasteiger partial charge in [0.25, 0.3) is 0 Å². The molecule has 6 nitrogen and oxygen atoms in total. The number of hydrogen-bond donors (Lipinski definition) is 2. The van der Waals surface area contributed by atoms with Gasteiger partial charge in [-0.25, -0.2) is 0 Å². The van der Waals surface area contributed by atoms with Crippen molar-refractivity contribution in [3.8, 4) is 0 Å². The van der Waals surface area contributed by atoms with Gasteiger partial charge in [-0.2, -0.15) is 0 Å². The average molecular weight is 395 g/mol. The molecule has 1 aromatic rings. The third-order valence-corrected chi connectivity index (χ3v) is 6.40. The molecule has 2 bridgehead atoms. The molecule has 0 spiro atoms. The van der Waals surface area contributed by atoms with Crippen molar-refractivity contribution in [2.45, 2.75) is 26.7 Å². The highest BCUT2D eigenvalue weighted by atomic mass is 16.2. The maximum atomic E-state index is 12.7. The van der Waals surface area contributed by atoms with Crippen LogP contribution >= 0.6 is 0 Å². The zero-order valence-corrected chi connectivity index (χ0v) is 17.4. The summed E-state index contributed by atoms with van der Waals surface area (Å²) in [6.07, 6.45) is 6.13. The molecule has 1 heterocycles. The van der Waals surface area contributed by atoms with Crippen molar-refractivity contribution >= 4 is 17.8 Å². The standard InChI is InChI=1S/C23H30N4O2/c1-14-10-15(2)12-16(11-14)6-7-25-23(24-3)26-8-9-27-21(28)19-17-4-5-18(13-17)20(19)22(27)29/h4-5,10-12,17-20H,6-9,13H2,1-3H3,(H2,24,25,26). The van der Waals surface area contributed by atoms with Gasteiger partial charge < -0.3 is 10.6 Å². The summed E-state index contributed by atoms with van der Waals surface area (Å²) in [6, 6.07) is 6.58. The molecule has 4 rings (SSSR count). The number of amides is 2. The van der Waals surface area contributed by atoms with Crippen LogP contribution in [0.5, 0.6) is 0 Å². The predicted molar refractivity (Wildman–Crippen MR) is 113 cm³/mol. The van der Waals surface area contributed by atoms with Crippen molar-refractivity contribution in [1.29, 1.82) is 0 Å². The molecule has 154 valence electrons. The van der Waals surface area contributed by atoms with E-state index in [0.717, 1.165) is 19.4 Å². The molecule has 4 atom stereocenters. The van der Waals surface area contributed by atoms with E-state index in [0.29, 0.717) is 19.0 Å². The van der Waals surface area contributed by atoms with Gasteiger partial charge in [0.1, 0.15) is 0 Å². The van der Waals surface area contributed by atoms with Crippen molar-refractivity contribution in [1.82, 2.24) is 15.5 Å². The van der Waals surface area contributed by atoms with Crippen LogP contribution in [0.3, 0.4) is 0 Å². The van der Waals surface area contributed by atoms with Gasteiger partial charge in [0.2, 0.25) is 11.8 Å². The number of nitrogens with zero attached hydrogens (tertiary/aromatic N) is 2. The second-order valence-electron chi connectivity index (χ2n) is 8.50. The summed E-state index contributed by atoms with van der Waals surface area (Å²) in [5.74, 6) is 1.00. The van der Waals surface area contributed by atoms with Gasteiger partial charge in [-0.15, -0.1) is 0 Å². The van der Waals surface area contributed by atoms with E-state index in [9.17, 15) is 9.59 Å². The van der Waals surface area contributed by atoms with Gasteiger partial charge in [0, 0.05) is 26.7 Å². The summed E-state index contributed by atoms with van der Waals surface area (Å²) < 4.78 is 0. The molecule has 1 aromatic carbocycles. The molecular weight excluding hydrogens is 364 g/mol. The SMILES string of the molecule is CN=C(NCCc1cc(C)cc(C)c1)NCCN1C(=O)C2C3C=CC(C3)C2C1=O. The number of imide groups is 1. The Hall–Kier alpha value is -2.63. The maximum Gasteiger partial charge on any atom is 0.233 e. The predicted octanol–water partition coefficient (Wildman–Crippen LogP) is 1.82. The Balaban J connectivity index is 1.23. The minimum absolute atomic E-state index is 0.0106. The highest BCUT2D eigenvalue weighted by Crippen LogP contribution is 2.52. The third-order valence-electron chi connectivity index (χ3n) is 6.40. The van der Waals surface area contributed by atoms with E-state index in [1.54, 1.807) is 7.05 Å². The van der Waals surface area contributed by atoms with Crippen molar-refractivity contribution < 1.29 is 9.59 Å². The Morgan fingerprint density at radius 3 is 2.17 bits per heavy atom. The molecule has 2 fully saturated rings. The lowest BCUT2D eigenvalue weighted by molar-refractivity contribution is -0.140. The topological polar surface area (TPSA) is 73.8 Å². The first-order chi connectivity index (χ1) is 14.0. The van der Waals surface area contributed by atoms with E-state index in [4.69, 9.17) is 0 Å². The van der Waals surface area contributed by atoms with Crippen LogP contribution in [0.15, 0.2) is 35.3 Å². The number of hydrogen-bond acceptors (Lipinski definition) is 3. The van der Waals surface area contributed by atoms with Crippen LogP contribution in [0.25, 0.3) is 0 Å². The van der Waals surface area contributed by atoms with Crippen molar-refractivity contribution in [2.24, 2.45) is 28.7 Å². The summed E-state index contributed by atoms with van der Waals surface area (Å²) in [7, 11) is 1.73. The summed E-state index contributed by atoms with van der Waals surface area (Å²) in [5, 5.41) is 6.54. The fourth-order valence-corrected chi connectivity index (χ4v) is 5.23. The molecule has 1 saturated carbocycles. The van der Waals surface area contributed by atoms with Gasteiger partial charge >= 0.3 is 0 Å². The second kappa shape index (κ2) is 8.01. The van der Waals surface area contributed by atoms with Crippen LogP contribution in [0.4, 0.5) is 0 Å². The Bertz CT molecular complexity index is 825. The zero-order chi connectivity index (χ0) is 20.5. The van der Waals surface area contributed by atoms with Crippen LogP contribution in [-0.4, -0.2) is 49.4 Å². The summed E-state index contributed by atoms with van der Waals surface area (Å²) in [4.78, 5) is 31.1. The minimum Gasteiger partial charge on any atom is -0.356 e. The number of likely N-dealkylation sites (tertiary alicyclic amines) is 1. The molecule has 29 heavy (non-hydrogen) atoms. The number of rotatable bonds is 6. The number of aryl methyl sites for hydroxylation is 2. The van der Waals surface area contributed by atoms with E-state index in [1.807, 2.05) is 0 Å². The zero-order valence-electron chi connectivity index (χ0n) is 17.4. The first kappa shape index (κ1) is 19.7. The van der Waals surface area contributed by atoms with Gasteiger partial charge in [-0.05, 0) is 44.1 Å². The Morgan fingerprint density at radius 1 is 1.00 bits per heavy atom. The summed E-state index contributed by atoms with van der Waals surface area (Å²) in [5.41, 5.74) is 3.85. The number of fused-ring (bicyclic) bond motifs is 5. The van der Waals surface area contributed by atoms with Crippen LogP contribution in [0.2, 0.25) is 0 Å². The molecule has 2 N–H and O–H groups in total. The number of benzene rings is 1. The van der Waals surface area contributed by atoms with E-state index >= 15 is 0 Å². The number of allylic oxidation sites excluding steroid dienone is 2. The summed E-state index contributed by atoms with van der Waals surface area (Å²) >= 11 is 0. The van der Waals surface area contributed by atoms with Crippen LogP contribution in [0, 0.1) is 37.5 Å². The molecule has 2 amide bonds. The van der Waals surface area contributed by atoms with E-state index in [2.05, 4.69) is 59.8 Å². The van der Waals surface area contributed by atoms with Crippen molar-refractivity contribution in [3.05, 3.63) is 47.0 Å². The monoisotopic (exact) mass is 394 g/mol. The van der Waals surface area contributed by atoms with E-state index in [-0.39, 0.29) is 35.5 Å². The van der Waals surface area contributed by atoms with Crippen molar-refractivity contribution in [2.75, 3.05) is 26.7 Å². The smallest absolute Gasteiger partial charge is 0.233 e. The van der Waals surface area contributed by atoms with E-state index in [1.165, 1.54) is 21.6 Å². The molecule has 2 aliphatic carbocycles. The highest BCUT2D eigenvalue weighted by Gasteiger charge is 2.58. The largest absolute Gasteiger partial charge is 0.356 e. The lowest BCUT2D eigenvalue weighted by Crippen LogP contribution is -2.44. The normalized spacial score (nSPS) is 27.7. The molecule has 1 saturated heterocycles. The fraction of sp³-hybridized carbons (Fsp3) is 0.522. The quantitative estimate of drug-likeness (QED) is 0.334. The average Bonchev–Trinajstić information content (AvgIpc) is 3.35. The second-order valence-corrected chi connectivity index (χ2v) is 8.50. The molecule has 4 unspecified atom stereocenters. The van der Waals surface area contributed by atoms with Crippen LogP contribution < -0.4 is 10.6 Å². The molecule has 3 aliphatic rings. The number of carbonyl (C=O) groups is 2. The fourth-order valence-electron chi connectivity index (χ4n) is 5.23. The third kappa shape index (κ3) is 3.80. The number of aliphatic imine (C=N–C) groups is 1. The lowest BCUT2D eigenvalue weighted by Gasteiger charge is -2.18. The highest BCUT2D eigenvalue weighted by molar-refractivity contribution is 6.06. The molecule has 1 aliphatic heterocycles. The first-order valence-corrected chi connectivity index (χ1v) is 10.5. The number of nitrogens with one attached hydrogen (secondary N) is 2. The van der Waals surface area contributed by atoms with E-state index < -0.39 is 0 Å². The molecule has 0 radical (unpaired) electrons. The number of carbonyl (C=O) groups excluding carboxylic acids is 2. The van der Waals surface area contributed by atoms with Gasteiger partial charge in [0.05, 0.1) is 11.8 Å². The Morgan fingerprint density at radius 2 is 1.59 bits per heavy atom. The summed E-state index contributed by atoms with van der Waals surface area (Å²) in [6.45, 7) is 5.89. The minimum atomic E-state index is -0.118. The molecule has 6 heteroatoms. The van der Waals surface area contributed by atoms with Crippen LogP contribution in [-0.2, 0) is 16.0 Å². The molecule has 0 aromatic heterocycles. The Kier molecular flexibility index (Phi) is 5.43. The maximum absolute atomic E-state index is 12.7. The van der Waals surface area contributed by atoms with Gasteiger partial charge in [0.15, 0.2) is 5.96 Å². The van der Waals surface area contributed by atoms with Gasteiger partial charge in [-0.3, -0.25) is 19.5 Å². The Labute approximate surface area is 172 Å². The first-order valence-electron chi connectivity index (χ1n) is 10.5. The van der Waals surface area contributed by atoms with Crippen LogP contribution in [0.1, 0.15) is 23.1 Å². The van der Waals surface area contributed by atoms with Crippen molar-refractivity contribution in [3.63, 3.8) is 0 Å². The lowest BCUT2D eigenvalue weighted by atomic mass is 9.85. The molecular formula is C23H30N4O2. The number of guanidine groups is 1. The van der Waals surface area contributed by atoms with Gasteiger partial charge in [-0.1, -0.05) is 41.5 Å².